The van der Waals surface area contributed by atoms with Crippen molar-refractivity contribution in [3.05, 3.63) is 63.7 Å². The molecule has 3 rings (SSSR count). The van der Waals surface area contributed by atoms with Crippen molar-refractivity contribution in [2.24, 2.45) is 0 Å². The van der Waals surface area contributed by atoms with Crippen molar-refractivity contribution in [2.75, 3.05) is 11.5 Å². The van der Waals surface area contributed by atoms with Gasteiger partial charge in [0.05, 0.1) is 16.7 Å². The zero-order valence-electron chi connectivity index (χ0n) is 14.0. The number of hydrogen-bond acceptors (Lipinski definition) is 5. The number of thioether (sulfide) groups is 1. The molecule has 0 bridgehead atoms. The zero-order chi connectivity index (χ0) is 17.8. The normalized spacial score (nSPS) is 15.5. The summed E-state index contributed by atoms with van der Waals surface area (Å²) < 4.78 is 0. The predicted molar refractivity (Wildman–Crippen MR) is 106 cm³/mol. The number of carbonyl (C=O) groups is 1. The number of nitrogens with one attached hydrogen (secondary N) is 1. The maximum Gasteiger partial charge on any atom is 0.269 e. The van der Waals surface area contributed by atoms with Gasteiger partial charge in [0.1, 0.15) is 0 Å². The Labute approximate surface area is 162 Å². The van der Waals surface area contributed by atoms with Crippen molar-refractivity contribution in [3.63, 3.8) is 0 Å². The molecule has 0 heterocycles. The van der Waals surface area contributed by atoms with Crippen LogP contribution in [0.25, 0.3) is 0 Å². The van der Waals surface area contributed by atoms with Crippen molar-refractivity contribution in [1.82, 2.24) is 5.32 Å². The first kappa shape index (κ1) is 20.1. The fourth-order valence-electron chi connectivity index (χ4n) is 3.03. The van der Waals surface area contributed by atoms with Gasteiger partial charge in [-0.25, -0.2) is 0 Å². The first-order valence-electron chi connectivity index (χ1n) is 8.08. The van der Waals surface area contributed by atoms with Gasteiger partial charge in [-0.05, 0) is 54.7 Å². The molecular formula is C18H20ClN3O3S. The van der Waals surface area contributed by atoms with Crippen molar-refractivity contribution in [1.29, 1.82) is 0 Å². The molecule has 3 N–H and O–H groups in total. The van der Waals surface area contributed by atoms with Gasteiger partial charge in [-0.2, -0.15) is 0 Å². The van der Waals surface area contributed by atoms with Crippen LogP contribution < -0.4 is 11.1 Å². The molecule has 138 valence electrons. The van der Waals surface area contributed by atoms with Gasteiger partial charge in [0.25, 0.3) is 5.69 Å². The van der Waals surface area contributed by atoms with Gasteiger partial charge in [-0.1, -0.05) is 6.07 Å². The smallest absolute Gasteiger partial charge is 0.269 e. The highest BCUT2D eigenvalue weighted by atomic mass is 35.5. The van der Waals surface area contributed by atoms with Gasteiger partial charge in [-0.15, -0.1) is 24.2 Å². The number of anilines is 1. The van der Waals surface area contributed by atoms with Crippen LogP contribution in [0.3, 0.4) is 0 Å². The average molecular weight is 394 g/mol. The number of non-ortho nitro benzene ring substituents is 1. The van der Waals surface area contributed by atoms with Crippen LogP contribution in [0.1, 0.15) is 30.0 Å². The minimum absolute atomic E-state index is 0. The first-order chi connectivity index (χ1) is 12.0. The number of nitrogen functional groups attached to an aromatic ring is 1. The number of nitrogens with zero attached hydrogens (tertiary/aromatic N) is 1. The Kier molecular flexibility index (Phi) is 6.88. The Morgan fingerprint density at radius 2 is 2.00 bits per heavy atom. The molecule has 0 aliphatic heterocycles. The second-order valence-corrected chi connectivity index (χ2v) is 7.06. The molecular weight excluding hydrogens is 374 g/mol. The molecule has 26 heavy (non-hydrogen) atoms. The molecule has 2 aromatic carbocycles. The van der Waals surface area contributed by atoms with Crippen LogP contribution in [0, 0.1) is 10.1 Å². The number of benzene rings is 2. The van der Waals surface area contributed by atoms with Crippen LogP contribution in [-0.2, 0) is 11.2 Å². The van der Waals surface area contributed by atoms with E-state index >= 15 is 0 Å². The van der Waals surface area contributed by atoms with E-state index < -0.39 is 4.92 Å². The summed E-state index contributed by atoms with van der Waals surface area (Å²) in [7, 11) is 0. The molecule has 6 nitrogen and oxygen atoms in total. The highest BCUT2D eigenvalue weighted by molar-refractivity contribution is 8.00. The minimum atomic E-state index is -0.436. The van der Waals surface area contributed by atoms with Gasteiger partial charge >= 0.3 is 0 Å². The molecule has 0 fully saturated rings. The maximum atomic E-state index is 12.3. The van der Waals surface area contributed by atoms with Crippen LogP contribution >= 0.6 is 24.2 Å². The Balaban J connectivity index is 0.00000243. The number of aryl methyl sites for hydroxylation is 1. The number of fused-ring (bicyclic) bond motifs is 1. The Bertz CT molecular complexity index is 799. The van der Waals surface area contributed by atoms with Gasteiger partial charge in [0.15, 0.2) is 0 Å². The first-order valence-corrected chi connectivity index (χ1v) is 9.06. The molecule has 1 amide bonds. The highest BCUT2D eigenvalue weighted by Gasteiger charge is 2.21. The SMILES string of the molecule is Cl.Nc1ccc2c(c1)CCCC2NC(=O)CSc1ccc([N+](=O)[O-])cc1. The van der Waals surface area contributed by atoms with Crippen LogP contribution in [-0.4, -0.2) is 16.6 Å². The number of nitrogens with two attached hydrogens (primary N) is 1. The largest absolute Gasteiger partial charge is 0.399 e. The van der Waals surface area contributed by atoms with Crippen LogP contribution in [0.15, 0.2) is 47.4 Å². The predicted octanol–water partition coefficient (Wildman–Crippen LogP) is 3.88. The second kappa shape index (κ2) is 8.91. The molecule has 0 saturated heterocycles. The van der Waals surface area contributed by atoms with E-state index in [1.54, 1.807) is 12.1 Å². The molecule has 0 radical (unpaired) electrons. The number of nitro benzene ring substituents is 1. The second-order valence-electron chi connectivity index (χ2n) is 6.01. The minimum Gasteiger partial charge on any atom is -0.399 e. The summed E-state index contributed by atoms with van der Waals surface area (Å²) in [5.41, 5.74) is 8.99. The number of carbonyl (C=O) groups excluding carboxylic acids is 1. The summed E-state index contributed by atoms with van der Waals surface area (Å²) in [6.07, 6.45) is 2.94. The Morgan fingerprint density at radius 3 is 2.69 bits per heavy atom. The van der Waals surface area contributed by atoms with Crippen LogP contribution in [0.4, 0.5) is 11.4 Å². The zero-order valence-corrected chi connectivity index (χ0v) is 15.6. The fraction of sp³-hybridized carbons (Fsp3) is 0.278. The number of nitro groups is 1. The summed E-state index contributed by atoms with van der Waals surface area (Å²) in [5.74, 6) is 0.233. The van der Waals surface area contributed by atoms with Gasteiger partial charge in [-0.3, -0.25) is 14.9 Å². The Hall–Kier alpha value is -2.25. The summed E-state index contributed by atoms with van der Waals surface area (Å²) in [6.45, 7) is 0. The summed E-state index contributed by atoms with van der Waals surface area (Å²) in [5, 5.41) is 13.7. The maximum absolute atomic E-state index is 12.3. The lowest BCUT2D eigenvalue weighted by Crippen LogP contribution is -2.32. The molecule has 1 unspecified atom stereocenters. The van der Waals surface area contributed by atoms with E-state index in [2.05, 4.69) is 5.32 Å². The number of hydrogen-bond donors (Lipinski definition) is 2. The third kappa shape index (κ3) is 4.89. The third-order valence-electron chi connectivity index (χ3n) is 4.23. The lowest BCUT2D eigenvalue weighted by atomic mass is 9.87. The lowest BCUT2D eigenvalue weighted by Gasteiger charge is -2.26. The summed E-state index contributed by atoms with van der Waals surface area (Å²) in [6, 6.07) is 12.1. The molecule has 8 heteroatoms. The molecule has 1 atom stereocenters. The number of rotatable bonds is 5. The monoisotopic (exact) mass is 393 g/mol. The van der Waals surface area contributed by atoms with Crippen molar-refractivity contribution in [2.45, 2.75) is 30.2 Å². The number of halogens is 1. The highest BCUT2D eigenvalue weighted by Crippen LogP contribution is 2.31. The molecule has 1 aliphatic carbocycles. The summed E-state index contributed by atoms with van der Waals surface area (Å²) >= 11 is 1.37. The van der Waals surface area contributed by atoms with E-state index in [9.17, 15) is 14.9 Å². The van der Waals surface area contributed by atoms with E-state index in [1.807, 2.05) is 18.2 Å². The summed E-state index contributed by atoms with van der Waals surface area (Å²) in [4.78, 5) is 23.3. The van der Waals surface area contributed by atoms with Gasteiger partial charge < -0.3 is 11.1 Å². The van der Waals surface area contributed by atoms with E-state index in [0.29, 0.717) is 0 Å². The molecule has 2 aromatic rings. The van der Waals surface area contributed by atoms with Crippen molar-refractivity contribution in [3.8, 4) is 0 Å². The average Bonchev–Trinajstić information content (AvgIpc) is 2.60. The lowest BCUT2D eigenvalue weighted by molar-refractivity contribution is -0.384. The van der Waals surface area contributed by atoms with Gasteiger partial charge in [0.2, 0.25) is 5.91 Å². The number of amides is 1. The van der Waals surface area contributed by atoms with E-state index in [-0.39, 0.29) is 35.8 Å². The molecule has 1 aliphatic rings. The van der Waals surface area contributed by atoms with E-state index in [1.165, 1.54) is 29.5 Å². The van der Waals surface area contributed by atoms with Crippen LogP contribution in [0.5, 0.6) is 0 Å². The Morgan fingerprint density at radius 1 is 1.27 bits per heavy atom. The molecule has 0 aromatic heterocycles. The third-order valence-corrected chi connectivity index (χ3v) is 5.25. The standard InChI is InChI=1S/C18H19N3O3S.ClH/c19-13-4-9-16-12(10-13)2-1-3-17(16)20-18(22)11-25-15-7-5-14(6-8-15)21(23)24;/h4-10,17H,1-3,11,19H2,(H,20,22);1H. The topological polar surface area (TPSA) is 98.3 Å². The van der Waals surface area contributed by atoms with Crippen molar-refractivity contribution < 1.29 is 9.72 Å². The van der Waals surface area contributed by atoms with Gasteiger partial charge in [0, 0.05) is 22.7 Å². The molecule has 0 saturated carbocycles. The molecule has 0 spiro atoms. The quantitative estimate of drug-likeness (QED) is 0.347. The van der Waals surface area contributed by atoms with E-state index in [4.69, 9.17) is 5.73 Å². The van der Waals surface area contributed by atoms with Crippen LogP contribution in [0.2, 0.25) is 0 Å². The van der Waals surface area contributed by atoms with E-state index in [0.717, 1.165) is 35.4 Å². The van der Waals surface area contributed by atoms with Crippen molar-refractivity contribution >= 4 is 41.5 Å². The fourth-order valence-corrected chi connectivity index (χ4v) is 3.74.